The molecular formula is C18H21F2N3O2S2. The number of thioether (sulfide) groups is 1. The van der Waals surface area contributed by atoms with Crippen LogP contribution in [0.2, 0.25) is 0 Å². The molecule has 2 unspecified atom stereocenters. The second-order valence-corrected chi connectivity index (χ2v) is 8.42. The second-order valence-electron chi connectivity index (χ2n) is 6.51. The number of aromatic nitrogens is 1. The Labute approximate surface area is 165 Å². The van der Waals surface area contributed by atoms with Gasteiger partial charge in [0.2, 0.25) is 5.91 Å². The Bertz CT molecular complexity index is 793. The summed E-state index contributed by atoms with van der Waals surface area (Å²) in [6, 6.07) is 3.58. The van der Waals surface area contributed by atoms with Crippen LogP contribution < -0.4 is 5.32 Å². The lowest BCUT2D eigenvalue weighted by molar-refractivity contribution is -0.113. The summed E-state index contributed by atoms with van der Waals surface area (Å²) in [6.07, 6.45) is 0.389. The minimum atomic E-state index is -0.920. The lowest BCUT2D eigenvalue weighted by atomic mass is 10.2. The molecule has 5 nitrogen and oxygen atoms in total. The van der Waals surface area contributed by atoms with Crippen molar-refractivity contribution in [3.8, 4) is 0 Å². The summed E-state index contributed by atoms with van der Waals surface area (Å²) in [6.45, 7) is 6.54. The van der Waals surface area contributed by atoms with E-state index in [1.807, 2.05) is 5.38 Å². The van der Waals surface area contributed by atoms with Crippen LogP contribution in [0.5, 0.6) is 0 Å². The number of amides is 1. The highest BCUT2D eigenvalue weighted by molar-refractivity contribution is 8.00. The molecule has 0 saturated carbocycles. The first-order chi connectivity index (χ1) is 12.9. The van der Waals surface area contributed by atoms with Gasteiger partial charge in [-0.25, -0.2) is 13.8 Å². The van der Waals surface area contributed by atoms with Crippen LogP contribution in [-0.2, 0) is 16.1 Å². The third kappa shape index (κ3) is 5.97. The Hall–Kier alpha value is -1.55. The first-order valence-electron chi connectivity index (χ1n) is 8.59. The van der Waals surface area contributed by atoms with Gasteiger partial charge in [0.05, 0.1) is 23.7 Å². The first-order valence-corrected chi connectivity index (χ1v) is 10.5. The van der Waals surface area contributed by atoms with Gasteiger partial charge < -0.3 is 10.1 Å². The molecule has 1 fully saturated rings. The molecule has 0 spiro atoms. The average molecular weight is 414 g/mol. The van der Waals surface area contributed by atoms with E-state index < -0.39 is 11.6 Å². The van der Waals surface area contributed by atoms with E-state index in [4.69, 9.17) is 4.74 Å². The molecule has 1 aromatic heterocycles. The van der Waals surface area contributed by atoms with Gasteiger partial charge in [0, 0.05) is 29.9 Å². The lowest BCUT2D eigenvalue weighted by Gasteiger charge is -2.34. The van der Waals surface area contributed by atoms with Gasteiger partial charge in [-0.2, -0.15) is 0 Å². The third-order valence-electron chi connectivity index (χ3n) is 3.94. The highest BCUT2D eigenvalue weighted by Crippen LogP contribution is 2.22. The van der Waals surface area contributed by atoms with Crippen molar-refractivity contribution in [3.63, 3.8) is 0 Å². The van der Waals surface area contributed by atoms with E-state index in [1.54, 1.807) is 0 Å². The number of carbonyl (C=O) groups is 1. The summed E-state index contributed by atoms with van der Waals surface area (Å²) in [5.74, 6) is -1.96. The largest absolute Gasteiger partial charge is 0.373 e. The Kier molecular flexibility index (Phi) is 6.80. The van der Waals surface area contributed by atoms with Crippen molar-refractivity contribution < 1.29 is 18.3 Å². The molecule has 27 heavy (non-hydrogen) atoms. The van der Waals surface area contributed by atoms with Gasteiger partial charge in [-0.15, -0.1) is 23.1 Å². The zero-order valence-electron chi connectivity index (χ0n) is 15.1. The summed E-state index contributed by atoms with van der Waals surface area (Å²) in [5, 5.41) is 5.22. The maximum absolute atomic E-state index is 13.2. The molecule has 1 aliphatic rings. The number of hydrogen-bond donors (Lipinski definition) is 1. The van der Waals surface area contributed by atoms with E-state index in [1.165, 1.54) is 17.4 Å². The van der Waals surface area contributed by atoms with Crippen LogP contribution in [0.25, 0.3) is 0 Å². The molecular weight excluding hydrogens is 392 g/mol. The minimum absolute atomic E-state index is 0.0957. The predicted octanol–water partition coefficient (Wildman–Crippen LogP) is 3.76. The monoisotopic (exact) mass is 413 g/mol. The molecule has 3 rings (SSSR count). The maximum Gasteiger partial charge on any atom is 0.236 e. The molecule has 1 aliphatic heterocycles. The van der Waals surface area contributed by atoms with Crippen molar-refractivity contribution in [2.75, 3.05) is 24.2 Å². The summed E-state index contributed by atoms with van der Waals surface area (Å²) < 4.78 is 31.8. The Morgan fingerprint density at radius 2 is 2.07 bits per heavy atom. The fraction of sp³-hybridized carbons (Fsp3) is 0.444. The van der Waals surface area contributed by atoms with Crippen LogP contribution in [0.3, 0.4) is 0 Å². The molecule has 0 bridgehead atoms. The van der Waals surface area contributed by atoms with Crippen LogP contribution in [0.15, 0.2) is 28.5 Å². The third-order valence-corrected chi connectivity index (χ3v) is 5.74. The van der Waals surface area contributed by atoms with Gasteiger partial charge >= 0.3 is 0 Å². The fourth-order valence-electron chi connectivity index (χ4n) is 2.95. The normalized spacial score (nSPS) is 20.6. The Morgan fingerprint density at radius 1 is 1.33 bits per heavy atom. The van der Waals surface area contributed by atoms with Crippen LogP contribution in [0.1, 0.15) is 19.5 Å². The number of benzene rings is 1. The van der Waals surface area contributed by atoms with E-state index in [2.05, 4.69) is 29.0 Å². The molecule has 1 saturated heterocycles. The molecule has 1 aromatic carbocycles. The van der Waals surface area contributed by atoms with Crippen LogP contribution in [-0.4, -0.2) is 46.8 Å². The number of thiazole rings is 1. The number of nitrogens with one attached hydrogen (secondary N) is 1. The standard InChI is InChI=1S/C18H21F2N3O2S2/c1-11-6-23(7-12(2)25-11)8-13-9-27-18(21-13)22-17(24)10-26-14-3-4-15(19)16(20)5-14/h3-5,9,11-12H,6-8,10H2,1-2H3,(H,21,22,24). The molecule has 0 aliphatic carbocycles. The smallest absolute Gasteiger partial charge is 0.236 e. The van der Waals surface area contributed by atoms with Gasteiger partial charge in [0.25, 0.3) is 0 Å². The lowest BCUT2D eigenvalue weighted by Crippen LogP contribution is -2.44. The van der Waals surface area contributed by atoms with E-state index in [9.17, 15) is 13.6 Å². The van der Waals surface area contributed by atoms with Crippen LogP contribution in [0.4, 0.5) is 13.9 Å². The highest BCUT2D eigenvalue weighted by Gasteiger charge is 2.22. The maximum atomic E-state index is 13.2. The minimum Gasteiger partial charge on any atom is -0.373 e. The average Bonchev–Trinajstić information content (AvgIpc) is 3.02. The first kappa shape index (κ1) is 20.2. The van der Waals surface area contributed by atoms with E-state index in [-0.39, 0.29) is 23.9 Å². The van der Waals surface area contributed by atoms with E-state index in [0.29, 0.717) is 16.6 Å². The number of anilines is 1. The number of halogens is 2. The van der Waals surface area contributed by atoms with Crippen molar-refractivity contribution in [2.45, 2.75) is 37.5 Å². The number of hydrogen-bond acceptors (Lipinski definition) is 6. The van der Waals surface area contributed by atoms with Crippen LogP contribution >= 0.6 is 23.1 Å². The molecule has 9 heteroatoms. The number of nitrogens with zero attached hydrogens (tertiary/aromatic N) is 2. The predicted molar refractivity (Wildman–Crippen MR) is 103 cm³/mol. The summed E-state index contributed by atoms with van der Waals surface area (Å²) in [4.78, 5) is 19.3. The van der Waals surface area contributed by atoms with Gasteiger partial charge in [-0.1, -0.05) is 0 Å². The van der Waals surface area contributed by atoms with Gasteiger partial charge in [-0.3, -0.25) is 9.69 Å². The van der Waals surface area contributed by atoms with Crippen molar-refractivity contribution in [1.82, 2.24) is 9.88 Å². The summed E-state index contributed by atoms with van der Waals surface area (Å²) in [7, 11) is 0. The number of carbonyl (C=O) groups excluding carboxylic acids is 1. The number of morpholine rings is 1. The van der Waals surface area contributed by atoms with Crippen LogP contribution in [0, 0.1) is 11.6 Å². The molecule has 0 radical (unpaired) electrons. The Morgan fingerprint density at radius 3 is 2.78 bits per heavy atom. The molecule has 146 valence electrons. The Balaban J connectivity index is 1.48. The summed E-state index contributed by atoms with van der Waals surface area (Å²) in [5.41, 5.74) is 0.907. The van der Waals surface area contributed by atoms with Gasteiger partial charge in [0.1, 0.15) is 0 Å². The number of ether oxygens (including phenoxy) is 1. The second kappa shape index (κ2) is 9.09. The van der Waals surface area contributed by atoms with Crippen molar-refractivity contribution in [2.24, 2.45) is 0 Å². The van der Waals surface area contributed by atoms with Crippen molar-refractivity contribution >= 4 is 34.1 Å². The molecule has 1 amide bonds. The van der Waals surface area contributed by atoms with Crippen molar-refractivity contribution in [1.29, 1.82) is 0 Å². The zero-order valence-corrected chi connectivity index (χ0v) is 16.7. The quantitative estimate of drug-likeness (QED) is 0.731. The fourth-order valence-corrected chi connectivity index (χ4v) is 4.39. The van der Waals surface area contributed by atoms with Gasteiger partial charge in [-0.05, 0) is 32.0 Å². The van der Waals surface area contributed by atoms with Gasteiger partial charge in [0.15, 0.2) is 16.8 Å². The molecule has 2 aromatic rings. The SMILES string of the molecule is CC1CN(Cc2csc(NC(=O)CSc3ccc(F)c(F)c3)n2)CC(C)O1. The van der Waals surface area contributed by atoms with E-state index in [0.717, 1.165) is 42.7 Å². The highest BCUT2D eigenvalue weighted by atomic mass is 32.2. The summed E-state index contributed by atoms with van der Waals surface area (Å²) >= 11 is 2.52. The van der Waals surface area contributed by atoms with E-state index >= 15 is 0 Å². The zero-order chi connectivity index (χ0) is 19.4. The van der Waals surface area contributed by atoms with Crippen molar-refractivity contribution in [3.05, 3.63) is 40.9 Å². The molecule has 2 atom stereocenters. The topological polar surface area (TPSA) is 54.5 Å². The molecule has 2 heterocycles. The molecule has 1 N–H and O–H groups in total. The number of rotatable bonds is 6.